The molecule has 0 aliphatic heterocycles. The van der Waals surface area contributed by atoms with Crippen LogP contribution in [-0.4, -0.2) is 20.1 Å². The minimum atomic E-state index is -0.311. The van der Waals surface area contributed by atoms with Gasteiger partial charge in [-0.3, -0.25) is 0 Å². The van der Waals surface area contributed by atoms with Gasteiger partial charge in [-0.05, 0) is 13.0 Å². The van der Waals surface area contributed by atoms with Crippen molar-refractivity contribution in [2.75, 3.05) is 0 Å². The van der Waals surface area contributed by atoms with Crippen molar-refractivity contribution >= 4 is 22.6 Å². The molecule has 0 unspecified atom stereocenters. The third kappa shape index (κ3) is 1.00. The summed E-state index contributed by atoms with van der Waals surface area (Å²) in [5, 5.41) is 9.99. The lowest BCUT2D eigenvalue weighted by Crippen LogP contribution is -1.83. The van der Waals surface area contributed by atoms with Gasteiger partial charge in [0, 0.05) is 5.69 Å². The molecule has 0 aromatic carbocycles. The van der Waals surface area contributed by atoms with Crippen LogP contribution in [0.1, 0.15) is 5.69 Å². The summed E-state index contributed by atoms with van der Waals surface area (Å²) >= 11 is 5.74. The van der Waals surface area contributed by atoms with Crippen LogP contribution in [0.4, 0.5) is 0 Å². The number of fused-ring (bicyclic) bond motifs is 1. The molecule has 0 saturated heterocycles. The molecule has 2 aromatic rings. The van der Waals surface area contributed by atoms with E-state index in [2.05, 4.69) is 15.0 Å². The van der Waals surface area contributed by atoms with Gasteiger partial charge in [0.25, 0.3) is 0 Å². The SMILES string of the molecule is Cc1cc2c(Cl)nc(O)nc2[nH]1. The lowest BCUT2D eigenvalue weighted by molar-refractivity contribution is 0.433. The summed E-state index contributed by atoms with van der Waals surface area (Å²) in [6.45, 7) is 1.88. The van der Waals surface area contributed by atoms with Gasteiger partial charge in [-0.2, -0.15) is 9.97 Å². The molecule has 0 bridgehead atoms. The molecule has 5 heteroatoms. The van der Waals surface area contributed by atoms with Crippen LogP contribution in [0.15, 0.2) is 6.07 Å². The molecule has 0 atom stereocenters. The Hall–Kier alpha value is -1.29. The maximum atomic E-state index is 8.99. The fraction of sp³-hybridized carbons (Fsp3) is 0.143. The van der Waals surface area contributed by atoms with Crippen LogP contribution in [0, 0.1) is 6.92 Å². The van der Waals surface area contributed by atoms with E-state index in [4.69, 9.17) is 16.7 Å². The topological polar surface area (TPSA) is 61.8 Å². The summed E-state index contributed by atoms with van der Waals surface area (Å²) in [7, 11) is 0. The second kappa shape index (κ2) is 2.35. The van der Waals surface area contributed by atoms with Crippen molar-refractivity contribution in [3.05, 3.63) is 16.9 Å². The molecule has 0 amide bonds. The zero-order valence-electron chi connectivity index (χ0n) is 6.30. The Morgan fingerprint density at radius 2 is 2.25 bits per heavy atom. The van der Waals surface area contributed by atoms with Gasteiger partial charge in [-0.25, -0.2) is 0 Å². The average molecular weight is 184 g/mol. The molecule has 0 aliphatic rings. The number of aromatic hydroxyl groups is 1. The third-order valence-corrected chi connectivity index (χ3v) is 1.85. The first kappa shape index (κ1) is 7.36. The van der Waals surface area contributed by atoms with Crippen molar-refractivity contribution in [2.24, 2.45) is 0 Å². The van der Waals surface area contributed by atoms with Crippen molar-refractivity contribution in [3.8, 4) is 6.01 Å². The molecule has 62 valence electrons. The Kier molecular flexibility index (Phi) is 1.44. The minimum Gasteiger partial charge on any atom is -0.479 e. The van der Waals surface area contributed by atoms with E-state index >= 15 is 0 Å². The van der Waals surface area contributed by atoms with Crippen LogP contribution in [0.3, 0.4) is 0 Å². The molecule has 2 rings (SSSR count). The highest BCUT2D eigenvalue weighted by Gasteiger charge is 2.06. The number of nitrogens with zero attached hydrogens (tertiary/aromatic N) is 2. The Morgan fingerprint density at radius 3 is 3.00 bits per heavy atom. The average Bonchev–Trinajstić information content (AvgIpc) is 2.29. The quantitative estimate of drug-likeness (QED) is 0.611. The summed E-state index contributed by atoms with van der Waals surface area (Å²) in [5.41, 5.74) is 1.50. The molecule has 0 saturated carbocycles. The predicted octanol–water partition coefficient (Wildman–Crippen LogP) is 1.63. The van der Waals surface area contributed by atoms with E-state index in [1.54, 1.807) is 0 Å². The second-order valence-corrected chi connectivity index (χ2v) is 2.89. The Bertz CT molecular complexity index is 437. The van der Waals surface area contributed by atoms with Gasteiger partial charge >= 0.3 is 6.01 Å². The van der Waals surface area contributed by atoms with E-state index < -0.39 is 0 Å². The van der Waals surface area contributed by atoms with Crippen LogP contribution in [-0.2, 0) is 0 Å². The first-order valence-corrected chi connectivity index (χ1v) is 3.76. The second-order valence-electron chi connectivity index (χ2n) is 2.53. The van der Waals surface area contributed by atoms with Crippen molar-refractivity contribution < 1.29 is 5.11 Å². The number of hydrogen-bond donors (Lipinski definition) is 2. The lowest BCUT2D eigenvalue weighted by atomic mass is 10.4. The van der Waals surface area contributed by atoms with Gasteiger partial charge in [0.15, 0.2) is 0 Å². The molecule has 2 heterocycles. The molecule has 0 aliphatic carbocycles. The number of aromatic amines is 1. The molecular formula is C7H6ClN3O. The van der Waals surface area contributed by atoms with Gasteiger partial charge in [-0.1, -0.05) is 11.6 Å². The summed E-state index contributed by atoms with van der Waals surface area (Å²) in [6.07, 6.45) is 0. The van der Waals surface area contributed by atoms with Gasteiger partial charge < -0.3 is 10.1 Å². The van der Waals surface area contributed by atoms with Crippen molar-refractivity contribution in [1.29, 1.82) is 0 Å². The summed E-state index contributed by atoms with van der Waals surface area (Å²) in [6, 6.07) is 1.52. The number of nitrogens with one attached hydrogen (secondary N) is 1. The highest BCUT2D eigenvalue weighted by atomic mass is 35.5. The zero-order valence-corrected chi connectivity index (χ0v) is 7.05. The molecule has 12 heavy (non-hydrogen) atoms. The first-order chi connectivity index (χ1) is 5.66. The lowest BCUT2D eigenvalue weighted by Gasteiger charge is -1.92. The fourth-order valence-corrected chi connectivity index (χ4v) is 1.31. The van der Waals surface area contributed by atoms with Gasteiger partial charge in [-0.15, -0.1) is 0 Å². The molecule has 0 radical (unpaired) electrons. The van der Waals surface area contributed by atoms with E-state index in [-0.39, 0.29) is 11.2 Å². The van der Waals surface area contributed by atoms with Crippen LogP contribution < -0.4 is 0 Å². The number of H-pyrrole nitrogens is 1. The van der Waals surface area contributed by atoms with Crippen LogP contribution in [0.25, 0.3) is 11.0 Å². The number of hydrogen-bond acceptors (Lipinski definition) is 3. The van der Waals surface area contributed by atoms with E-state index in [1.165, 1.54) is 0 Å². The number of aromatic nitrogens is 3. The molecule has 2 N–H and O–H groups in total. The number of aryl methyl sites for hydroxylation is 1. The van der Waals surface area contributed by atoms with Crippen LogP contribution >= 0.6 is 11.6 Å². The molecule has 0 fully saturated rings. The van der Waals surface area contributed by atoms with Crippen LogP contribution in [0.2, 0.25) is 5.15 Å². The van der Waals surface area contributed by atoms with Crippen molar-refractivity contribution in [3.63, 3.8) is 0 Å². The van der Waals surface area contributed by atoms with E-state index in [0.29, 0.717) is 5.65 Å². The van der Waals surface area contributed by atoms with E-state index in [9.17, 15) is 0 Å². The summed E-state index contributed by atoms with van der Waals surface area (Å²) in [5.74, 6) is 0. The van der Waals surface area contributed by atoms with Gasteiger partial charge in [0.05, 0.1) is 5.39 Å². The fourth-order valence-electron chi connectivity index (χ4n) is 1.09. The summed E-state index contributed by atoms with van der Waals surface area (Å²) in [4.78, 5) is 10.3. The Labute approximate surface area is 73.2 Å². The van der Waals surface area contributed by atoms with Gasteiger partial charge in [0.1, 0.15) is 10.8 Å². The number of rotatable bonds is 0. The molecule has 2 aromatic heterocycles. The maximum absolute atomic E-state index is 8.99. The van der Waals surface area contributed by atoms with E-state index in [0.717, 1.165) is 11.1 Å². The van der Waals surface area contributed by atoms with Gasteiger partial charge in [0.2, 0.25) is 0 Å². The summed E-state index contributed by atoms with van der Waals surface area (Å²) < 4.78 is 0. The van der Waals surface area contributed by atoms with Crippen molar-refractivity contribution in [1.82, 2.24) is 15.0 Å². The molecule has 4 nitrogen and oxygen atoms in total. The first-order valence-electron chi connectivity index (χ1n) is 3.38. The highest BCUT2D eigenvalue weighted by molar-refractivity contribution is 6.34. The smallest absolute Gasteiger partial charge is 0.317 e. The normalized spacial score (nSPS) is 10.8. The number of halogens is 1. The Morgan fingerprint density at radius 1 is 1.50 bits per heavy atom. The predicted molar refractivity (Wildman–Crippen MR) is 45.3 cm³/mol. The van der Waals surface area contributed by atoms with Crippen molar-refractivity contribution in [2.45, 2.75) is 6.92 Å². The zero-order chi connectivity index (χ0) is 8.72. The monoisotopic (exact) mass is 183 g/mol. The third-order valence-electron chi connectivity index (χ3n) is 1.56. The Balaban J connectivity index is 2.88. The molecular weight excluding hydrogens is 178 g/mol. The minimum absolute atomic E-state index is 0.266. The molecule has 0 spiro atoms. The highest BCUT2D eigenvalue weighted by Crippen LogP contribution is 2.22. The van der Waals surface area contributed by atoms with E-state index in [1.807, 2.05) is 13.0 Å². The van der Waals surface area contributed by atoms with Crippen LogP contribution in [0.5, 0.6) is 6.01 Å². The standard InChI is InChI=1S/C7H6ClN3O/c1-3-2-4-5(8)10-7(12)11-6(4)9-3/h2H,1H3,(H2,9,10,11,12). The maximum Gasteiger partial charge on any atom is 0.317 e. The largest absolute Gasteiger partial charge is 0.479 e.